The largest absolute Gasteiger partial charge is 0.507 e. The minimum absolute atomic E-state index is 0. The number of benzene rings is 2. The van der Waals surface area contributed by atoms with E-state index in [2.05, 4.69) is 55.4 Å². The third-order valence-corrected chi connectivity index (χ3v) is 4.68. The minimum atomic E-state index is 0. The summed E-state index contributed by atoms with van der Waals surface area (Å²) >= 11 is 0. The van der Waals surface area contributed by atoms with Gasteiger partial charge in [-0.05, 0) is 45.9 Å². The monoisotopic (exact) mass is 558 g/mol. The molecule has 2 aromatic carbocycles. The molecule has 0 saturated heterocycles. The van der Waals surface area contributed by atoms with Crippen LogP contribution < -0.4 is 0 Å². The molecule has 0 amide bonds. The van der Waals surface area contributed by atoms with Crippen molar-refractivity contribution in [2.75, 3.05) is 0 Å². The van der Waals surface area contributed by atoms with Crippen LogP contribution in [0.4, 0.5) is 0 Å². The van der Waals surface area contributed by atoms with Crippen molar-refractivity contribution in [3.63, 3.8) is 0 Å². The van der Waals surface area contributed by atoms with E-state index in [0.29, 0.717) is 35.2 Å². The van der Waals surface area contributed by atoms with Crippen LogP contribution in [0.5, 0.6) is 11.5 Å². The van der Waals surface area contributed by atoms with E-state index in [1.807, 2.05) is 36.4 Å². The second-order valence-electron chi connectivity index (χ2n) is 8.19. The van der Waals surface area contributed by atoms with E-state index in [0.717, 1.165) is 22.3 Å². The van der Waals surface area contributed by atoms with Crippen LogP contribution in [-0.4, -0.2) is 15.7 Å². The summed E-state index contributed by atoms with van der Waals surface area (Å²) in [5.41, 5.74) is 4.19. The Bertz CT molecular complexity index is 593. The summed E-state index contributed by atoms with van der Waals surface area (Å²) in [7, 11) is 0. The topological polar surface area (TPSA) is 72.0 Å². The average molecular weight is 558 g/mol. The van der Waals surface area contributed by atoms with Gasteiger partial charge in [0, 0.05) is 21.1 Å². The van der Waals surface area contributed by atoms with E-state index >= 15 is 0 Å². The molecule has 0 bridgehead atoms. The SMILES string of the molecule is CC(C)c1cccc(C(C)C)c1O.CC(C)c1cccc(C(C)C)c1O.O.[W]. The van der Waals surface area contributed by atoms with Gasteiger partial charge in [0.2, 0.25) is 0 Å². The van der Waals surface area contributed by atoms with Crippen molar-refractivity contribution in [1.29, 1.82) is 0 Å². The van der Waals surface area contributed by atoms with Gasteiger partial charge in [-0.2, -0.15) is 0 Å². The molecule has 0 unspecified atom stereocenters. The molecule has 4 heteroatoms. The Labute approximate surface area is 185 Å². The summed E-state index contributed by atoms with van der Waals surface area (Å²) in [6.07, 6.45) is 0. The van der Waals surface area contributed by atoms with Gasteiger partial charge >= 0.3 is 0 Å². The Balaban J connectivity index is 0. The summed E-state index contributed by atoms with van der Waals surface area (Å²) in [6, 6.07) is 12.0. The van der Waals surface area contributed by atoms with E-state index in [1.165, 1.54) is 0 Å². The maximum Gasteiger partial charge on any atom is 0.122 e. The van der Waals surface area contributed by atoms with Crippen LogP contribution in [0.25, 0.3) is 0 Å². The van der Waals surface area contributed by atoms with Gasteiger partial charge in [0.25, 0.3) is 0 Å². The average Bonchev–Trinajstić information content (AvgIpc) is 2.54. The normalized spacial score (nSPS) is 10.4. The first-order valence-corrected chi connectivity index (χ1v) is 9.71. The number of hydrogen-bond acceptors (Lipinski definition) is 2. The fraction of sp³-hybridized carbons (Fsp3) is 0.500. The fourth-order valence-corrected chi connectivity index (χ4v) is 3.02. The smallest absolute Gasteiger partial charge is 0.122 e. The third kappa shape index (κ3) is 7.60. The zero-order chi connectivity index (χ0) is 20.0. The molecule has 28 heavy (non-hydrogen) atoms. The van der Waals surface area contributed by atoms with Crippen LogP contribution in [0.2, 0.25) is 0 Å². The standard InChI is InChI=1S/2C12H18O.H2O.W/c2*1-8(2)10-6-5-7-11(9(3)4)12(10)13;;/h2*5-9,13H,1-4H3;1H2;. The fourth-order valence-electron chi connectivity index (χ4n) is 3.02. The molecular formula is C24H38O3W. The predicted molar refractivity (Wildman–Crippen MR) is 116 cm³/mol. The van der Waals surface area contributed by atoms with Gasteiger partial charge in [0.15, 0.2) is 0 Å². The van der Waals surface area contributed by atoms with Crippen molar-refractivity contribution in [2.24, 2.45) is 0 Å². The minimum Gasteiger partial charge on any atom is -0.507 e. The Morgan fingerprint density at radius 2 is 0.679 bits per heavy atom. The van der Waals surface area contributed by atoms with E-state index < -0.39 is 0 Å². The molecule has 0 fully saturated rings. The maximum absolute atomic E-state index is 9.93. The third-order valence-electron chi connectivity index (χ3n) is 4.68. The van der Waals surface area contributed by atoms with E-state index in [-0.39, 0.29) is 26.5 Å². The van der Waals surface area contributed by atoms with Crippen molar-refractivity contribution >= 4 is 0 Å². The molecule has 0 saturated carbocycles. The molecule has 0 spiro atoms. The molecule has 0 aromatic heterocycles. The van der Waals surface area contributed by atoms with Crippen LogP contribution in [0.1, 0.15) is 101 Å². The van der Waals surface area contributed by atoms with Gasteiger partial charge in [0.05, 0.1) is 0 Å². The molecule has 0 heterocycles. The van der Waals surface area contributed by atoms with Gasteiger partial charge in [-0.25, -0.2) is 0 Å². The van der Waals surface area contributed by atoms with Crippen molar-refractivity contribution in [2.45, 2.75) is 79.1 Å². The second kappa shape index (κ2) is 13.0. The van der Waals surface area contributed by atoms with Crippen LogP contribution >= 0.6 is 0 Å². The molecule has 0 aliphatic heterocycles. The maximum atomic E-state index is 9.93. The molecule has 158 valence electrons. The summed E-state index contributed by atoms with van der Waals surface area (Å²) in [5, 5.41) is 19.9. The number of aromatic hydroxyl groups is 2. The number of phenolic OH excluding ortho intramolecular Hbond substituents is 2. The number of hydrogen-bond donors (Lipinski definition) is 2. The Kier molecular flexibility index (Phi) is 13.4. The molecule has 0 radical (unpaired) electrons. The van der Waals surface area contributed by atoms with Gasteiger partial charge in [0.1, 0.15) is 11.5 Å². The Morgan fingerprint density at radius 3 is 0.821 bits per heavy atom. The van der Waals surface area contributed by atoms with Crippen molar-refractivity contribution < 1.29 is 36.8 Å². The van der Waals surface area contributed by atoms with E-state index in [9.17, 15) is 10.2 Å². The molecule has 0 atom stereocenters. The number of para-hydroxylation sites is 2. The zero-order valence-corrected chi connectivity index (χ0v) is 21.5. The zero-order valence-electron chi connectivity index (χ0n) is 18.6. The summed E-state index contributed by atoms with van der Waals surface area (Å²) < 4.78 is 0. The van der Waals surface area contributed by atoms with Crippen molar-refractivity contribution in [1.82, 2.24) is 0 Å². The van der Waals surface area contributed by atoms with Gasteiger partial charge < -0.3 is 15.7 Å². The molecular weight excluding hydrogens is 520 g/mol. The van der Waals surface area contributed by atoms with Gasteiger partial charge in [-0.1, -0.05) is 91.8 Å². The van der Waals surface area contributed by atoms with Crippen LogP contribution in [0.15, 0.2) is 36.4 Å². The van der Waals surface area contributed by atoms with Crippen molar-refractivity contribution in [3.8, 4) is 11.5 Å². The Hall–Kier alpha value is -1.31. The summed E-state index contributed by atoms with van der Waals surface area (Å²) in [6.45, 7) is 16.8. The van der Waals surface area contributed by atoms with Crippen molar-refractivity contribution in [3.05, 3.63) is 58.7 Å². The molecule has 2 aromatic rings. The van der Waals surface area contributed by atoms with Crippen LogP contribution in [0, 0.1) is 0 Å². The summed E-state index contributed by atoms with van der Waals surface area (Å²) in [4.78, 5) is 0. The number of phenols is 2. The number of rotatable bonds is 4. The molecule has 3 nitrogen and oxygen atoms in total. The first-order valence-electron chi connectivity index (χ1n) is 9.71. The van der Waals surface area contributed by atoms with Crippen LogP contribution in [0.3, 0.4) is 0 Å². The Morgan fingerprint density at radius 1 is 0.500 bits per heavy atom. The second-order valence-corrected chi connectivity index (χ2v) is 8.19. The van der Waals surface area contributed by atoms with E-state index in [4.69, 9.17) is 0 Å². The first kappa shape index (κ1) is 28.9. The van der Waals surface area contributed by atoms with Crippen LogP contribution in [-0.2, 0) is 21.1 Å². The molecule has 0 aliphatic rings. The summed E-state index contributed by atoms with van der Waals surface area (Å²) in [5.74, 6) is 2.51. The molecule has 4 N–H and O–H groups in total. The molecule has 0 aliphatic carbocycles. The first-order chi connectivity index (χ1) is 12.1. The van der Waals surface area contributed by atoms with E-state index in [1.54, 1.807) is 0 Å². The molecule has 2 rings (SSSR count). The van der Waals surface area contributed by atoms with Gasteiger partial charge in [-0.3, -0.25) is 0 Å². The predicted octanol–water partition coefficient (Wildman–Crippen LogP) is 6.45. The quantitative estimate of drug-likeness (QED) is 0.453. The van der Waals surface area contributed by atoms with Gasteiger partial charge in [-0.15, -0.1) is 0 Å².